The molecule has 200 valence electrons. The molecule has 0 saturated carbocycles. The standard InChI is InChI=1S/C36H21BN4OS/c38-22-23-13-15-24(16-14-23)40-29-10-4-6-12-33(29)43-36-30(40)21-32-34-35(36)41(25-17-19-39-20-18-25)28-9-3-1-7-26(28)37(34)27-8-2-5-11-31(27)42-32/h1-21H. The summed E-state index contributed by atoms with van der Waals surface area (Å²) in [5.74, 6) is 1.73. The molecule has 0 saturated heterocycles. The molecule has 9 rings (SSSR count). The molecular weight excluding hydrogens is 547 g/mol. The van der Waals surface area contributed by atoms with E-state index in [0.717, 1.165) is 55.4 Å². The van der Waals surface area contributed by atoms with E-state index in [2.05, 4.69) is 106 Å². The second-order valence-corrected chi connectivity index (χ2v) is 11.8. The van der Waals surface area contributed by atoms with E-state index in [0.29, 0.717) is 5.56 Å². The topological polar surface area (TPSA) is 52.4 Å². The highest BCUT2D eigenvalue weighted by atomic mass is 32.2. The van der Waals surface area contributed by atoms with Gasteiger partial charge in [0, 0.05) is 40.4 Å². The van der Waals surface area contributed by atoms with Crippen molar-refractivity contribution < 1.29 is 4.74 Å². The fourth-order valence-electron chi connectivity index (χ4n) is 6.64. The Morgan fingerprint density at radius 2 is 1.37 bits per heavy atom. The van der Waals surface area contributed by atoms with Crippen LogP contribution in [0, 0.1) is 11.3 Å². The maximum absolute atomic E-state index is 9.49. The van der Waals surface area contributed by atoms with E-state index in [1.807, 2.05) is 42.7 Å². The third-order valence-electron chi connectivity index (χ3n) is 8.42. The van der Waals surface area contributed by atoms with Crippen molar-refractivity contribution in [3.8, 4) is 17.6 Å². The van der Waals surface area contributed by atoms with Gasteiger partial charge in [-0.3, -0.25) is 4.98 Å². The molecule has 0 aliphatic carbocycles. The van der Waals surface area contributed by atoms with Gasteiger partial charge < -0.3 is 14.5 Å². The molecule has 7 heteroatoms. The first-order chi connectivity index (χ1) is 21.3. The smallest absolute Gasteiger partial charge is 0.256 e. The average molecular weight is 568 g/mol. The molecular formula is C36H21BN4OS. The van der Waals surface area contributed by atoms with Gasteiger partial charge in [-0.2, -0.15) is 5.26 Å². The zero-order valence-corrected chi connectivity index (χ0v) is 23.6. The summed E-state index contributed by atoms with van der Waals surface area (Å²) in [6, 6.07) is 42.0. The quantitative estimate of drug-likeness (QED) is 0.204. The number of rotatable bonds is 2. The molecule has 0 atom stereocenters. The van der Waals surface area contributed by atoms with E-state index >= 15 is 0 Å². The lowest BCUT2D eigenvalue weighted by Crippen LogP contribution is -2.59. The minimum Gasteiger partial charge on any atom is -0.458 e. The molecule has 5 aromatic carbocycles. The van der Waals surface area contributed by atoms with Crippen LogP contribution < -0.4 is 30.9 Å². The molecule has 0 N–H and O–H groups in total. The Balaban J connectivity index is 1.40. The number of pyridine rings is 1. The summed E-state index contributed by atoms with van der Waals surface area (Å²) in [6.07, 6.45) is 3.70. The van der Waals surface area contributed by atoms with E-state index in [9.17, 15) is 5.26 Å². The van der Waals surface area contributed by atoms with E-state index in [1.54, 1.807) is 11.8 Å². The number of hydrogen-bond acceptors (Lipinski definition) is 6. The van der Waals surface area contributed by atoms with E-state index in [4.69, 9.17) is 4.74 Å². The number of para-hydroxylation sites is 3. The number of benzene rings is 5. The van der Waals surface area contributed by atoms with Crippen molar-refractivity contribution in [3.63, 3.8) is 0 Å². The van der Waals surface area contributed by atoms with Crippen LogP contribution >= 0.6 is 11.8 Å². The van der Waals surface area contributed by atoms with Crippen molar-refractivity contribution in [3.05, 3.63) is 133 Å². The van der Waals surface area contributed by atoms with Crippen molar-refractivity contribution in [2.24, 2.45) is 0 Å². The number of nitrogens with zero attached hydrogens (tertiary/aromatic N) is 4. The molecule has 1 aromatic heterocycles. The van der Waals surface area contributed by atoms with Crippen LogP contribution in [0.15, 0.2) is 137 Å². The Bertz CT molecular complexity index is 2130. The third-order valence-corrected chi connectivity index (χ3v) is 9.59. The number of hydrogen-bond donors (Lipinski definition) is 0. The van der Waals surface area contributed by atoms with Gasteiger partial charge in [-0.25, -0.2) is 0 Å². The van der Waals surface area contributed by atoms with Gasteiger partial charge in [-0.15, -0.1) is 0 Å². The van der Waals surface area contributed by atoms with Gasteiger partial charge in [0.15, 0.2) is 0 Å². The predicted molar refractivity (Wildman–Crippen MR) is 174 cm³/mol. The van der Waals surface area contributed by atoms with E-state index in [1.165, 1.54) is 16.4 Å². The van der Waals surface area contributed by atoms with Crippen LogP contribution in [0.3, 0.4) is 0 Å². The molecule has 0 amide bonds. The van der Waals surface area contributed by atoms with Gasteiger partial charge in [0.25, 0.3) is 6.71 Å². The number of ether oxygens (including phenoxy) is 1. The molecule has 0 spiro atoms. The van der Waals surface area contributed by atoms with Crippen LogP contribution in [-0.2, 0) is 0 Å². The molecule has 0 fully saturated rings. The first-order valence-corrected chi connectivity index (χ1v) is 15.0. The summed E-state index contributed by atoms with van der Waals surface area (Å²) < 4.78 is 6.78. The van der Waals surface area contributed by atoms with Gasteiger partial charge in [0.1, 0.15) is 11.5 Å². The Hall–Kier alpha value is -5.45. The number of anilines is 6. The van der Waals surface area contributed by atoms with E-state index < -0.39 is 0 Å². The summed E-state index contributed by atoms with van der Waals surface area (Å²) >= 11 is 1.80. The first kappa shape index (κ1) is 24.2. The van der Waals surface area contributed by atoms with Gasteiger partial charge in [-0.05, 0) is 77.1 Å². The van der Waals surface area contributed by atoms with Crippen LogP contribution in [0.2, 0.25) is 0 Å². The Labute approximate surface area is 253 Å². The molecule has 5 nitrogen and oxygen atoms in total. The van der Waals surface area contributed by atoms with Crippen LogP contribution in [0.5, 0.6) is 11.5 Å². The van der Waals surface area contributed by atoms with Crippen molar-refractivity contribution in [2.45, 2.75) is 9.79 Å². The van der Waals surface area contributed by atoms with Crippen molar-refractivity contribution in [1.82, 2.24) is 4.98 Å². The van der Waals surface area contributed by atoms with Crippen LogP contribution in [-0.4, -0.2) is 11.7 Å². The maximum atomic E-state index is 9.49. The third kappa shape index (κ3) is 3.51. The monoisotopic (exact) mass is 568 g/mol. The second kappa shape index (κ2) is 9.28. The summed E-state index contributed by atoms with van der Waals surface area (Å²) in [4.78, 5) is 11.3. The zero-order valence-electron chi connectivity index (χ0n) is 22.8. The molecule has 0 unspecified atom stereocenters. The molecule has 0 radical (unpaired) electrons. The first-order valence-electron chi connectivity index (χ1n) is 14.1. The number of aromatic nitrogens is 1. The average Bonchev–Trinajstić information content (AvgIpc) is 3.07. The van der Waals surface area contributed by atoms with Crippen LogP contribution in [0.4, 0.5) is 34.1 Å². The minimum absolute atomic E-state index is 0.0238. The SMILES string of the molecule is N#Cc1ccc(N2c3ccccc3Sc3c2cc2c4c3N(c3ccncc3)c3ccccc3B4c3ccccc3O2)cc1. The van der Waals surface area contributed by atoms with Gasteiger partial charge in [0.05, 0.1) is 33.6 Å². The Morgan fingerprint density at radius 1 is 0.674 bits per heavy atom. The largest absolute Gasteiger partial charge is 0.458 e. The Kier molecular flexibility index (Phi) is 5.22. The van der Waals surface area contributed by atoms with Crippen molar-refractivity contribution >= 4 is 69.0 Å². The van der Waals surface area contributed by atoms with Gasteiger partial charge >= 0.3 is 0 Å². The zero-order chi connectivity index (χ0) is 28.5. The summed E-state index contributed by atoms with van der Waals surface area (Å²) in [7, 11) is 0. The number of fused-ring (bicyclic) bond motifs is 7. The van der Waals surface area contributed by atoms with Crippen molar-refractivity contribution in [2.75, 3.05) is 9.80 Å². The van der Waals surface area contributed by atoms with Crippen molar-refractivity contribution in [1.29, 1.82) is 5.26 Å². The summed E-state index contributed by atoms with van der Waals surface area (Å²) in [5.41, 5.74) is 10.6. The molecule has 6 aromatic rings. The molecule has 0 bridgehead atoms. The highest BCUT2D eigenvalue weighted by Gasteiger charge is 2.45. The highest BCUT2D eigenvalue weighted by Crippen LogP contribution is 2.57. The number of nitriles is 1. The summed E-state index contributed by atoms with van der Waals surface area (Å²) in [6.45, 7) is 0.0238. The molecule has 3 aliphatic heterocycles. The lowest BCUT2D eigenvalue weighted by molar-refractivity contribution is 0.487. The maximum Gasteiger partial charge on any atom is 0.256 e. The Morgan fingerprint density at radius 3 is 2.19 bits per heavy atom. The fraction of sp³-hybridized carbons (Fsp3) is 0. The molecule has 4 heterocycles. The fourth-order valence-corrected chi connectivity index (χ4v) is 7.82. The normalized spacial score (nSPS) is 13.5. The van der Waals surface area contributed by atoms with Crippen LogP contribution in [0.1, 0.15) is 5.56 Å². The summed E-state index contributed by atoms with van der Waals surface area (Å²) in [5, 5.41) is 9.49. The predicted octanol–water partition coefficient (Wildman–Crippen LogP) is 7.29. The second-order valence-electron chi connectivity index (χ2n) is 10.7. The lowest BCUT2D eigenvalue weighted by atomic mass is 9.34. The minimum atomic E-state index is 0.0238. The van der Waals surface area contributed by atoms with Gasteiger partial charge in [-0.1, -0.05) is 60.3 Å². The highest BCUT2D eigenvalue weighted by molar-refractivity contribution is 8.00. The molecule has 43 heavy (non-hydrogen) atoms. The molecule has 3 aliphatic rings. The van der Waals surface area contributed by atoms with Gasteiger partial charge in [0.2, 0.25) is 0 Å². The van der Waals surface area contributed by atoms with Crippen LogP contribution in [0.25, 0.3) is 0 Å². The van der Waals surface area contributed by atoms with E-state index in [-0.39, 0.29) is 6.71 Å². The lowest BCUT2D eigenvalue weighted by Gasteiger charge is -2.43.